The van der Waals surface area contributed by atoms with Gasteiger partial charge in [-0.1, -0.05) is 20.8 Å². The van der Waals surface area contributed by atoms with Crippen molar-refractivity contribution < 1.29 is 14.4 Å². The lowest BCUT2D eigenvalue weighted by Crippen LogP contribution is -2.33. The predicted octanol–water partition coefficient (Wildman–Crippen LogP) is 1.16. The molecule has 4 heteroatoms. The summed E-state index contributed by atoms with van der Waals surface area (Å²) < 4.78 is 0. The van der Waals surface area contributed by atoms with Crippen LogP contribution in [0, 0.1) is 11.8 Å². The normalized spacial score (nSPS) is 17.4. The maximum Gasteiger partial charge on any atom is 0.253 e. The Bertz CT molecular complexity index is 326. The molecule has 0 aliphatic carbocycles. The average Bonchev–Trinajstić information content (AvgIpc) is 2.54. The Labute approximate surface area is 95.3 Å². The van der Waals surface area contributed by atoms with Crippen molar-refractivity contribution in [1.82, 2.24) is 4.90 Å². The fraction of sp³-hybridized carbons (Fsp3) is 0.583. The largest absolute Gasteiger partial charge is 0.299 e. The van der Waals surface area contributed by atoms with Crippen molar-refractivity contribution in [3.05, 3.63) is 12.2 Å². The van der Waals surface area contributed by atoms with Gasteiger partial charge in [0.15, 0.2) is 0 Å². The van der Waals surface area contributed by atoms with Crippen molar-refractivity contribution in [3.8, 4) is 0 Å². The first-order chi connectivity index (χ1) is 7.43. The summed E-state index contributed by atoms with van der Waals surface area (Å²) >= 11 is 0. The minimum atomic E-state index is -0.324. The van der Waals surface area contributed by atoms with E-state index in [9.17, 15) is 14.4 Å². The molecule has 16 heavy (non-hydrogen) atoms. The van der Waals surface area contributed by atoms with Crippen molar-refractivity contribution in [3.63, 3.8) is 0 Å². The molecule has 0 aromatic rings. The van der Waals surface area contributed by atoms with E-state index in [2.05, 4.69) is 0 Å². The van der Waals surface area contributed by atoms with Gasteiger partial charge in [-0.05, 0) is 5.92 Å². The van der Waals surface area contributed by atoms with Gasteiger partial charge in [-0.25, -0.2) is 0 Å². The molecular formula is C12H17NO3. The van der Waals surface area contributed by atoms with Crippen molar-refractivity contribution in [1.29, 1.82) is 0 Å². The number of nitrogens with zero attached hydrogens (tertiary/aromatic N) is 1. The number of amides is 2. The van der Waals surface area contributed by atoms with Gasteiger partial charge in [0.05, 0.1) is 0 Å². The summed E-state index contributed by atoms with van der Waals surface area (Å²) in [6.07, 6.45) is 2.72. The van der Waals surface area contributed by atoms with Crippen LogP contribution in [0.2, 0.25) is 0 Å². The van der Waals surface area contributed by atoms with Crippen molar-refractivity contribution in [2.75, 3.05) is 6.54 Å². The molecule has 0 saturated carbocycles. The summed E-state index contributed by atoms with van der Waals surface area (Å²) in [6, 6.07) is 0. The number of carbonyl (C=O) groups excluding carboxylic acids is 3. The molecule has 1 rings (SSSR count). The zero-order chi connectivity index (χ0) is 12.3. The van der Waals surface area contributed by atoms with Gasteiger partial charge < -0.3 is 0 Å². The Balaban J connectivity index is 2.44. The Hall–Kier alpha value is -1.45. The average molecular weight is 223 g/mol. The standard InChI is InChI=1S/C12H17NO3/c1-8(2)9(3)10(14)6-7-13-11(15)4-5-12(13)16/h4-5,8-9H,6-7H2,1-3H3. The third kappa shape index (κ3) is 2.78. The number of hydrogen-bond donors (Lipinski definition) is 0. The van der Waals surface area contributed by atoms with E-state index in [-0.39, 0.29) is 42.4 Å². The summed E-state index contributed by atoms with van der Waals surface area (Å²) in [7, 11) is 0. The SMILES string of the molecule is CC(C)C(C)C(=O)CCN1C(=O)C=CC1=O. The Morgan fingerprint density at radius 3 is 2.12 bits per heavy atom. The van der Waals surface area contributed by atoms with Crippen LogP contribution in [0.25, 0.3) is 0 Å². The zero-order valence-corrected chi connectivity index (χ0v) is 9.90. The Morgan fingerprint density at radius 2 is 1.69 bits per heavy atom. The second-order valence-corrected chi connectivity index (χ2v) is 4.41. The van der Waals surface area contributed by atoms with Crippen molar-refractivity contribution >= 4 is 17.6 Å². The summed E-state index contributed by atoms with van der Waals surface area (Å²) in [6.45, 7) is 6.03. The number of rotatable bonds is 5. The van der Waals surface area contributed by atoms with E-state index in [0.29, 0.717) is 0 Å². The highest BCUT2D eigenvalue weighted by Gasteiger charge is 2.25. The van der Waals surface area contributed by atoms with E-state index in [4.69, 9.17) is 0 Å². The minimum absolute atomic E-state index is 0.0271. The number of ketones is 1. The molecule has 1 atom stereocenters. The first kappa shape index (κ1) is 12.6. The third-order valence-corrected chi connectivity index (χ3v) is 2.99. The third-order valence-electron chi connectivity index (χ3n) is 2.99. The lowest BCUT2D eigenvalue weighted by Gasteiger charge is -2.17. The van der Waals surface area contributed by atoms with Gasteiger partial charge in [-0.15, -0.1) is 0 Å². The van der Waals surface area contributed by atoms with E-state index < -0.39 is 0 Å². The van der Waals surface area contributed by atoms with Crippen molar-refractivity contribution in [2.45, 2.75) is 27.2 Å². The lowest BCUT2D eigenvalue weighted by atomic mass is 9.92. The van der Waals surface area contributed by atoms with Crippen LogP contribution in [0.15, 0.2) is 12.2 Å². The Morgan fingerprint density at radius 1 is 1.19 bits per heavy atom. The van der Waals surface area contributed by atoms with Gasteiger partial charge in [-0.2, -0.15) is 0 Å². The van der Waals surface area contributed by atoms with E-state index >= 15 is 0 Å². The maximum atomic E-state index is 11.7. The second-order valence-electron chi connectivity index (χ2n) is 4.41. The van der Waals surface area contributed by atoms with Crippen LogP contribution in [0.4, 0.5) is 0 Å². The van der Waals surface area contributed by atoms with Crippen molar-refractivity contribution in [2.24, 2.45) is 11.8 Å². The van der Waals surface area contributed by atoms with Gasteiger partial charge in [0.2, 0.25) is 0 Å². The molecule has 0 spiro atoms. The van der Waals surface area contributed by atoms with Gasteiger partial charge >= 0.3 is 0 Å². The number of imide groups is 1. The van der Waals surface area contributed by atoms with Crippen LogP contribution in [-0.4, -0.2) is 29.0 Å². The van der Waals surface area contributed by atoms with E-state index in [0.717, 1.165) is 4.90 Å². The van der Waals surface area contributed by atoms with Crippen LogP contribution in [0.1, 0.15) is 27.2 Å². The van der Waals surface area contributed by atoms with Gasteiger partial charge in [-0.3, -0.25) is 19.3 Å². The molecule has 0 bridgehead atoms. The monoisotopic (exact) mass is 223 g/mol. The molecule has 0 saturated heterocycles. The fourth-order valence-corrected chi connectivity index (χ4v) is 1.47. The van der Waals surface area contributed by atoms with Crippen LogP contribution < -0.4 is 0 Å². The van der Waals surface area contributed by atoms with Gasteiger partial charge in [0.25, 0.3) is 11.8 Å². The molecule has 0 aromatic heterocycles. The fourth-order valence-electron chi connectivity index (χ4n) is 1.47. The van der Waals surface area contributed by atoms with Gasteiger partial charge in [0, 0.05) is 31.0 Å². The molecular weight excluding hydrogens is 206 g/mol. The van der Waals surface area contributed by atoms with Crippen LogP contribution in [-0.2, 0) is 14.4 Å². The highest BCUT2D eigenvalue weighted by atomic mass is 16.2. The summed E-state index contributed by atoms with van der Waals surface area (Å²) in [5.41, 5.74) is 0. The van der Waals surface area contributed by atoms with E-state index in [1.807, 2.05) is 20.8 Å². The first-order valence-electron chi connectivity index (χ1n) is 5.49. The number of hydrogen-bond acceptors (Lipinski definition) is 3. The molecule has 1 aliphatic heterocycles. The predicted molar refractivity (Wildman–Crippen MR) is 59.5 cm³/mol. The quantitative estimate of drug-likeness (QED) is 0.657. The minimum Gasteiger partial charge on any atom is -0.299 e. The van der Waals surface area contributed by atoms with E-state index in [1.165, 1.54) is 12.2 Å². The molecule has 0 fully saturated rings. The molecule has 1 aliphatic rings. The van der Waals surface area contributed by atoms with E-state index in [1.54, 1.807) is 0 Å². The molecule has 1 heterocycles. The molecule has 88 valence electrons. The molecule has 0 radical (unpaired) electrons. The highest BCUT2D eigenvalue weighted by Crippen LogP contribution is 2.14. The number of carbonyl (C=O) groups is 3. The molecule has 1 unspecified atom stereocenters. The molecule has 0 N–H and O–H groups in total. The van der Waals surface area contributed by atoms with Gasteiger partial charge in [0.1, 0.15) is 5.78 Å². The van der Waals surface area contributed by atoms with Crippen LogP contribution in [0.3, 0.4) is 0 Å². The lowest BCUT2D eigenvalue weighted by molar-refractivity contribution is -0.137. The number of Topliss-reactive ketones (excluding diaryl/α,β-unsaturated/α-hetero) is 1. The first-order valence-corrected chi connectivity index (χ1v) is 5.49. The summed E-state index contributed by atoms with van der Waals surface area (Å²) in [5, 5.41) is 0. The molecule has 2 amide bonds. The van der Waals surface area contributed by atoms with Crippen LogP contribution >= 0.6 is 0 Å². The second kappa shape index (κ2) is 5.05. The highest BCUT2D eigenvalue weighted by molar-refractivity contribution is 6.13. The molecule has 0 aromatic carbocycles. The topological polar surface area (TPSA) is 54.5 Å². The zero-order valence-electron chi connectivity index (χ0n) is 9.90. The van der Waals surface area contributed by atoms with Crippen LogP contribution in [0.5, 0.6) is 0 Å². The Kier molecular flexibility index (Phi) is 3.99. The summed E-state index contributed by atoms with van der Waals surface area (Å²) in [4.78, 5) is 35.2. The smallest absolute Gasteiger partial charge is 0.253 e. The molecule has 4 nitrogen and oxygen atoms in total. The maximum absolute atomic E-state index is 11.7. The summed E-state index contributed by atoms with van der Waals surface area (Å²) in [5.74, 6) is -0.288.